The van der Waals surface area contributed by atoms with E-state index in [-0.39, 0.29) is 0 Å². The first kappa shape index (κ1) is 9.73. The summed E-state index contributed by atoms with van der Waals surface area (Å²) in [6, 6.07) is 5.45. The normalized spacial score (nSPS) is 12.9. The number of nitrogens with two attached hydrogens (primary N) is 1. The first-order valence-electron chi connectivity index (χ1n) is 3.33. The molecule has 66 valence electrons. The third kappa shape index (κ3) is 2.07. The van der Waals surface area contributed by atoms with E-state index >= 15 is 0 Å². The highest BCUT2D eigenvalue weighted by Crippen LogP contribution is 2.17. The van der Waals surface area contributed by atoms with Crippen LogP contribution >= 0.6 is 12.6 Å². The van der Waals surface area contributed by atoms with E-state index in [1.807, 2.05) is 19.1 Å². The Morgan fingerprint density at radius 3 is 2.75 bits per heavy atom. The van der Waals surface area contributed by atoms with Crippen LogP contribution in [0.25, 0.3) is 0 Å². The van der Waals surface area contributed by atoms with Crippen molar-refractivity contribution in [3.05, 3.63) is 23.8 Å². The molecule has 0 spiro atoms. The average molecular weight is 202 g/mol. The Labute approximate surface area is 79.3 Å². The van der Waals surface area contributed by atoms with Gasteiger partial charge in [-0.3, -0.25) is 5.84 Å². The Bertz CT molecular complexity index is 314. The minimum atomic E-state index is -1.36. The predicted octanol–water partition coefficient (Wildman–Crippen LogP) is 0.770. The molecule has 12 heavy (non-hydrogen) atoms. The summed E-state index contributed by atoms with van der Waals surface area (Å²) < 4.78 is 11.2. The molecule has 1 aromatic rings. The molecule has 0 saturated heterocycles. The molecule has 0 aromatic heterocycles. The van der Waals surface area contributed by atoms with Crippen LogP contribution in [0.2, 0.25) is 0 Å². The summed E-state index contributed by atoms with van der Waals surface area (Å²) in [5.74, 6) is 5.03. The minimum absolute atomic E-state index is 0.603. The van der Waals surface area contributed by atoms with Crippen LogP contribution in [-0.2, 0) is 11.0 Å². The van der Waals surface area contributed by atoms with Crippen LogP contribution in [0.4, 0.5) is 0 Å². The molecule has 0 aliphatic rings. The molecule has 0 saturated carbocycles. The number of nitrogens with one attached hydrogen (secondary N) is 1. The molecular formula is C7H10N2OS2. The van der Waals surface area contributed by atoms with E-state index in [0.29, 0.717) is 9.79 Å². The van der Waals surface area contributed by atoms with Crippen LogP contribution in [0.15, 0.2) is 28.0 Å². The summed E-state index contributed by atoms with van der Waals surface area (Å²) in [5, 5.41) is 0. The number of hydrogen-bond acceptors (Lipinski definition) is 3. The van der Waals surface area contributed by atoms with E-state index in [1.54, 1.807) is 6.07 Å². The molecule has 0 aliphatic heterocycles. The lowest BCUT2D eigenvalue weighted by atomic mass is 10.2. The summed E-state index contributed by atoms with van der Waals surface area (Å²) >= 11 is 4.17. The van der Waals surface area contributed by atoms with Gasteiger partial charge in [0, 0.05) is 4.90 Å². The molecule has 1 rings (SSSR count). The van der Waals surface area contributed by atoms with Gasteiger partial charge in [0.25, 0.3) is 0 Å². The summed E-state index contributed by atoms with van der Waals surface area (Å²) in [6.07, 6.45) is 0. The first-order chi connectivity index (χ1) is 5.65. The number of hydrogen-bond donors (Lipinski definition) is 3. The summed E-state index contributed by atoms with van der Waals surface area (Å²) in [7, 11) is -1.36. The molecule has 3 nitrogen and oxygen atoms in total. The van der Waals surface area contributed by atoms with Gasteiger partial charge in [-0.1, -0.05) is 6.07 Å². The van der Waals surface area contributed by atoms with Gasteiger partial charge in [-0.25, -0.2) is 4.21 Å². The maximum Gasteiger partial charge on any atom is 0.139 e. The van der Waals surface area contributed by atoms with E-state index in [4.69, 9.17) is 5.84 Å². The highest BCUT2D eigenvalue weighted by Gasteiger charge is 2.04. The summed E-state index contributed by atoms with van der Waals surface area (Å²) in [5.41, 5.74) is 1.08. The third-order valence-electron chi connectivity index (χ3n) is 1.42. The van der Waals surface area contributed by atoms with Crippen molar-refractivity contribution in [1.29, 1.82) is 0 Å². The molecule has 1 atom stereocenters. The zero-order chi connectivity index (χ0) is 9.14. The van der Waals surface area contributed by atoms with E-state index < -0.39 is 11.0 Å². The van der Waals surface area contributed by atoms with Gasteiger partial charge >= 0.3 is 0 Å². The second-order valence-corrected chi connectivity index (χ2v) is 4.05. The second kappa shape index (κ2) is 4.04. The quantitative estimate of drug-likeness (QED) is 0.377. The fraction of sp³-hybridized carbons (Fsp3) is 0.143. The van der Waals surface area contributed by atoms with Crippen molar-refractivity contribution in [2.24, 2.45) is 5.84 Å². The average Bonchev–Trinajstić information content (AvgIpc) is 2.03. The minimum Gasteiger partial charge on any atom is -0.259 e. The van der Waals surface area contributed by atoms with Crippen molar-refractivity contribution < 1.29 is 4.21 Å². The number of rotatable bonds is 2. The third-order valence-corrected chi connectivity index (χ3v) is 2.91. The molecule has 3 N–H and O–H groups in total. The van der Waals surface area contributed by atoms with E-state index in [9.17, 15) is 4.21 Å². The molecule has 5 heteroatoms. The van der Waals surface area contributed by atoms with Gasteiger partial charge in [-0.05, 0) is 24.6 Å². The molecule has 1 aromatic carbocycles. The molecule has 0 aliphatic carbocycles. The largest absolute Gasteiger partial charge is 0.259 e. The topological polar surface area (TPSA) is 55.1 Å². The number of hydrazine groups is 1. The van der Waals surface area contributed by atoms with Crippen molar-refractivity contribution in [3.8, 4) is 0 Å². The smallest absolute Gasteiger partial charge is 0.139 e. The molecule has 0 radical (unpaired) electrons. The van der Waals surface area contributed by atoms with Crippen molar-refractivity contribution in [3.63, 3.8) is 0 Å². The predicted molar refractivity (Wildman–Crippen MR) is 52.2 cm³/mol. The summed E-state index contributed by atoms with van der Waals surface area (Å²) in [6.45, 7) is 1.95. The van der Waals surface area contributed by atoms with Gasteiger partial charge in [0.15, 0.2) is 0 Å². The Kier molecular flexibility index (Phi) is 3.28. The van der Waals surface area contributed by atoms with Crippen LogP contribution in [0.3, 0.4) is 0 Å². The van der Waals surface area contributed by atoms with Gasteiger partial charge in [-0.2, -0.15) is 4.83 Å². The zero-order valence-corrected chi connectivity index (χ0v) is 8.28. The van der Waals surface area contributed by atoms with Gasteiger partial charge < -0.3 is 0 Å². The van der Waals surface area contributed by atoms with E-state index in [2.05, 4.69) is 17.5 Å². The monoisotopic (exact) mass is 202 g/mol. The van der Waals surface area contributed by atoms with E-state index in [1.165, 1.54) is 0 Å². The molecule has 0 amide bonds. The van der Waals surface area contributed by atoms with Crippen LogP contribution in [0, 0.1) is 6.92 Å². The highest BCUT2D eigenvalue weighted by molar-refractivity contribution is 7.85. The van der Waals surface area contributed by atoms with Crippen LogP contribution in [0.5, 0.6) is 0 Å². The second-order valence-electron chi connectivity index (χ2n) is 2.36. The molecular weight excluding hydrogens is 192 g/mol. The lowest BCUT2D eigenvalue weighted by molar-refractivity contribution is 0.673. The molecule has 0 heterocycles. The van der Waals surface area contributed by atoms with Crippen molar-refractivity contribution in [1.82, 2.24) is 4.83 Å². The Morgan fingerprint density at radius 1 is 1.58 bits per heavy atom. The Hall–Kier alpha value is -0.360. The SMILES string of the molecule is Cc1ccc(S(=O)NN)c(S)c1. The van der Waals surface area contributed by atoms with Crippen molar-refractivity contribution in [2.45, 2.75) is 16.7 Å². The molecule has 1 unspecified atom stereocenters. The number of aryl methyl sites for hydroxylation is 1. The van der Waals surface area contributed by atoms with Gasteiger partial charge in [0.1, 0.15) is 11.0 Å². The molecule has 0 bridgehead atoms. The lowest BCUT2D eigenvalue weighted by Crippen LogP contribution is -2.24. The fourth-order valence-corrected chi connectivity index (χ4v) is 1.94. The van der Waals surface area contributed by atoms with Crippen molar-refractivity contribution in [2.75, 3.05) is 0 Å². The van der Waals surface area contributed by atoms with Crippen LogP contribution in [0.1, 0.15) is 5.56 Å². The first-order valence-corrected chi connectivity index (χ1v) is 4.92. The molecule has 0 fully saturated rings. The lowest BCUT2D eigenvalue weighted by Gasteiger charge is -2.03. The fourth-order valence-electron chi connectivity index (χ4n) is 0.848. The van der Waals surface area contributed by atoms with Gasteiger partial charge in [0.05, 0.1) is 4.90 Å². The van der Waals surface area contributed by atoms with Crippen LogP contribution < -0.4 is 10.7 Å². The highest BCUT2D eigenvalue weighted by atomic mass is 32.2. The number of thiol groups is 1. The van der Waals surface area contributed by atoms with Gasteiger partial charge in [-0.15, -0.1) is 12.6 Å². The maximum atomic E-state index is 11.2. The van der Waals surface area contributed by atoms with E-state index in [0.717, 1.165) is 5.56 Å². The van der Waals surface area contributed by atoms with Crippen molar-refractivity contribution >= 4 is 23.6 Å². The standard InChI is InChI=1S/C7H10N2OS2/c1-5-2-3-7(6(11)4-5)12(10)9-8/h2-4,9,11H,8H2,1H3. The number of benzene rings is 1. The Morgan fingerprint density at radius 2 is 2.25 bits per heavy atom. The van der Waals surface area contributed by atoms with Crippen LogP contribution in [-0.4, -0.2) is 4.21 Å². The van der Waals surface area contributed by atoms with Gasteiger partial charge in [0.2, 0.25) is 0 Å². The maximum absolute atomic E-state index is 11.2. The Balaban J connectivity index is 3.09. The summed E-state index contributed by atoms with van der Waals surface area (Å²) in [4.78, 5) is 3.45. The zero-order valence-electron chi connectivity index (χ0n) is 6.57.